The van der Waals surface area contributed by atoms with Crippen molar-refractivity contribution in [3.63, 3.8) is 0 Å². The number of ether oxygens (including phenoxy) is 2. The van der Waals surface area contributed by atoms with Crippen LogP contribution in [0.3, 0.4) is 0 Å². The van der Waals surface area contributed by atoms with Gasteiger partial charge in [0.05, 0.1) is 19.9 Å². The Labute approximate surface area is 161 Å². The second-order valence-electron chi connectivity index (χ2n) is 6.68. The number of nitrogens with zero attached hydrogens (tertiary/aromatic N) is 1. The Morgan fingerprint density at radius 1 is 0.963 bits per heavy atom. The van der Waals surface area contributed by atoms with Crippen LogP contribution in [0.25, 0.3) is 22.5 Å². The molecule has 0 bridgehead atoms. The van der Waals surface area contributed by atoms with Gasteiger partial charge in [0.1, 0.15) is 22.9 Å². The third-order valence-corrected chi connectivity index (χ3v) is 6.12. The van der Waals surface area contributed by atoms with E-state index in [1.165, 1.54) is 12.8 Å². The topological polar surface area (TPSA) is 70.2 Å². The van der Waals surface area contributed by atoms with Crippen LogP contribution in [0.15, 0.2) is 53.7 Å². The van der Waals surface area contributed by atoms with Crippen LogP contribution in [0, 0.1) is 5.92 Å². The van der Waals surface area contributed by atoms with Crippen molar-refractivity contribution < 1.29 is 14.0 Å². The van der Waals surface area contributed by atoms with Crippen LogP contribution in [-0.4, -0.2) is 34.5 Å². The van der Waals surface area contributed by atoms with E-state index >= 15 is 0 Å². The van der Waals surface area contributed by atoms with Gasteiger partial charge in [-0.05, 0) is 61.4 Å². The Kier molecular flexibility index (Phi) is 5.09. The lowest BCUT2D eigenvalue weighted by Crippen LogP contribution is -2.10. The fourth-order valence-electron chi connectivity index (χ4n) is 2.96. The lowest BCUT2D eigenvalue weighted by atomic mass is 10.0. The number of benzene rings is 2. The molecule has 4 rings (SSSR count). The number of aromatic amines is 1. The van der Waals surface area contributed by atoms with E-state index in [1.807, 2.05) is 48.5 Å². The monoisotopic (exact) mass is 382 g/mol. The summed E-state index contributed by atoms with van der Waals surface area (Å²) in [7, 11) is 3.29. The van der Waals surface area contributed by atoms with E-state index in [1.54, 1.807) is 14.2 Å². The lowest BCUT2D eigenvalue weighted by molar-refractivity contribution is 0.414. The molecule has 0 spiro atoms. The quantitative estimate of drug-likeness (QED) is 0.619. The molecular weight excluding hydrogens is 360 g/mol. The average molecular weight is 382 g/mol. The van der Waals surface area contributed by atoms with Crippen molar-refractivity contribution in [3.8, 4) is 34.0 Å². The number of nitrogens with one attached hydrogen (secondary N) is 1. The zero-order chi connectivity index (χ0) is 18.8. The molecule has 0 amide bonds. The molecule has 0 radical (unpaired) electrons. The van der Waals surface area contributed by atoms with Crippen LogP contribution in [-0.2, 0) is 11.2 Å². The molecule has 1 atom stereocenters. The highest BCUT2D eigenvalue weighted by atomic mass is 32.2. The molecule has 6 heteroatoms. The molecule has 1 aliphatic rings. The maximum atomic E-state index is 12.7. The van der Waals surface area contributed by atoms with Gasteiger partial charge in [0, 0.05) is 28.2 Å². The SMILES string of the molecule is COc1ccc(-c2nc([S+]([O-])CC3CC3)[nH]c2-c2ccc(OC)cc2)cc1. The molecule has 1 saturated carbocycles. The first-order valence-electron chi connectivity index (χ1n) is 8.95. The minimum Gasteiger partial charge on any atom is -0.609 e. The van der Waals surface area contributed by atoms with E-state index in [-0.39, 0.29) is 0 Å². The van der Waals surface area contributed by atoms with E-state index in [9.17, 15) is 4.55 Å². The predicted octanol–water partition coefficient (Wildman–Crippen LogP) is 4.28. The standard InChI is InChI=1S/C21H22N2O3S/c1-25-17-9-5-15(6-10-17)19-20(16-7-11-18(26-2)12-8-16)23-21(22-19)27(24)13-14-3-4-14/h5-12,14H,3-4,13H2,1-2H3,(H,22,23). The molecule has 140 valence electrons. The number of H-pyrrole nitrogens is 1. The van der Waals surface area contributed by atoms with E-state index < -0.39 is 11.2 Å². The first kappa shape index (κ1) is 17.9. The Bertz CT molecular complexity index is 837. The second kappa shape index (κ2) is 7.66. The van der Waals surface area contributed by atoms with Crippen molar-refractivity contribution in [1.29, 1.82) is 0 Å². The molecule has 1 aromatic heterocycles. The summed E-state index contributed by atoms with van der Waals surface area (Å²) >= 11 is -1.12. The van der Waals surface area contributed by atoms with Gasteiger partial charge in [-0.25, -0.2) is 0 Å². The maximum Gasteiger partial charge on any atom is 0.321 e. The largest absolute Gasteiger partial charge is 0.609 e. The van der Waals surface area contributed by atoms with E-state index in [2.05, 4.69) is 4.98 Å². The third kappa shape index (κ3) is 3.96. The Balaban J connectivity index is 1.74. The van der Waals surface area contributed by atoms with Crippen LogP contribution < -0.4 is 9.47 Å². The normalized spacial score (nSPS) is 14.8. The third-order valence-electron chi connectivity index (χ3n) is 4.72. The van der Waals surface area contributed by atoms with Crippen molar-refractivity contribution in [1.82, 2.24) is 9.97 Å². The van der Waals surface area contributed by atoms with E-state index in [0.717, 1.165) is 34.0 Å². The minimum atomic E-state index is -1.12. The fraction of sp³-hybridized carbons (Fsp3) is 0.286. The summed E-state index contributed by atoms with van der Waals surface area (Å²) < 4.78 is 23.2. The molecule has 5 nitrogen and oxygen atoms in total. The van der Waals surface area contributed by atoms with Gasteiger partial charge < -0.3 is 14.0 Å². The van der Waals surface area contributed by atoms with Crippen LogP contribution in [0.5, 0.6) is 11.5 Å². The second-order valence-corrected chi connectivity index (χ2v) is 8.09. The van der Waals surface area contributed by atoms with Gasteiger partial charge in [-0.1, -0.05) is 0 Å². The van der Waals surface area contributed by atoms with Crippen molar-refractivity contribution >= 4 is 11.2 Å². The molecule has 0 saturated heterocycles. The molecule has 1 unspecified atom stereocenters. The van der Waals surface area contributed by atoms with Crippen LogP contribution in [0.1, 0.15) is 12.8 Å². The van der Waals surface area contributed by atoms with Gasteiger partial charge in [0.25, 0.3) is 0 Å². The molecule has 1 heterocycles. The van der Waals surface area contributed by atoms with Crippen molar-refractivity contribution in [2.45, 2.75) is 18.0 Å². The smallest absolute Gasteiger partial charge is 0.321 e. The number of rotatable bonds is 7. The summed E-state index contributed by atoms with van der Waals surface area (Å²) in [5.74, 6) is 2.84. The Hall–Kier alpha value is -2.44. The van der Waals surface area contributed by atoms with Crippen LogP contribution in [0.2, 0.25) is 0 Å². The van der Waals surface area contributed by atoms with Gasteiger partial charge in [0.15, 0.2) is 0 Å². The molecule has 0 aliphatic heterocycles. The number of methoxy groups -OCH3 is 2. The first-order chi connectivity index (χ1) is 13.2. The molecular formula is C21H22N2O3S. The summed E-state index contributed by atoms with van der Waals surface area (Å²) in [5, 5.41) is 0.540. The Morgan fingerprint density at radius 2 is 1.52 bits per heavy atom. The van der Waals surface area contributed by atoms with Crippen LogP contribution in [0.4, 0.5) is 0 Å². The zero-order valence-corrected chi connectivity index (χ0v) is 16.2. The van der Waals surface area contributed by atoms with Gasteiger partial charge in [-0.3, -0.25) is 4.98 Å². The van der Waals surface area contributed by atoms with Crippen LogP contribution >= 0.6 is 0 Å². The highest BCUT2D eigenvalue weighted by Gasteiger charge is 2.31. The summed E-state index contributed by atoms with van der Waals surface area (Å²) in [6, 6.07) is 15.5. The Morgan fingerprint density at radius 3 is 2.04 bits per heavy atom. The zero-order valence-electron chi connectivity index (χ0n) is 15.4. The molecule has 1 N–H and O–H groups in total. The van der Waals surface area contributed by atoms with E-state index in [4.69, 9.17) is 14.5 Å². The summed E-state index contributed by atoms with van der Waals surface area (Å²) in [4.78, 5) is 8.02. The highest BCUT2D eigenvalue weighted by Crippen LogP contribution is 2.35. The summed E-state index contributed by atoms with van der Waals surface area (Å²) in [6.45, 7) is 0. The maximum absolute atomic E-state index is 12.7. The fourth-order valence-corrected chi connectivity index (χ4v) is 4.29. The summed E-state index contributed by atoms with van der Waals surface area (Å²) in [5.41, 5.74) is 3.58. The average Bonchev–Trinajstić information content (AvgIpc) is 3.42. The number of aromatic nitrogens is 2. The number of hydrogen-bond donors (Lipinski definition) is 1. The highest BCUT2D eigenvalue weighted by molar-refractivity contribution is 7.91. The molecule has 27 heavy (non-hydrogen) atoms. The molecule has 2 aromatic carbocycles. The van der Waals surface area contributed by atoms with Gasteiger partial charge in [0.2, 0.25) is 0 Å². The minimum absolute atomic E-state index is 0.540. The summed E-state index contributed by atoms with van der Waals surface area (Å²) in [6.07, 6.45) is 2.34. The van der Waals surface area contributed by atoms with Crippen molar-refractivity contribution in [2.24, 2.45) is 5.92 Å². The number of imidazole rings is 1. The van der Waals surface area contributed by atoms with Crippen molar-refractivity contribution in [2.75, 3.05) is 20.0 Å². The van der Waals surface area contributed by atoms with Crippen molar-refractivity contribution in [3.05, 3.63) is 48.5 Å². The van der Waals surface area contributed by atoms with E-state index in [0.29, 0.717) is 16.8 Å². The predicted molar refractivity (Wildman–Crippen MR) is 107 cm³/mol. The molecule has 3 aromatic rings. The molecule has 1 fully saturated rings. The van der Waals surface area contributed by atoms with Gasteiger partial charge >= 0.3 is 5.16 Å². The van der Waals surface area contributed by atoms with Gasteiger partial charge in [-0.2, -0.15) is 4.98 Å². The van der Waals surface area contributed by atoms with Gasteiger partial charge in [-0.15, -0.1) is 0 Å². The first-order valence-corrected chi connectivity index (χ1v) is 10.3. The lowest BCUT2D eigenvalue weighted by Gasteiger charge is -2.05. The number of hydrogen-bond acceptors (Lipinski definition) is 4. The molecule has 1 aliphatic carbocycles.